The number of para-hydroxylation sites is 1. The summed E-state index contributed by atoms with van der Waals surface area (Å²) in [6.45, 7) is 2.14. The third-order valence-corrected chi connectivity index (χ3v) is 4.37. The molecule has 2 heterocycles. The molecule has 0 aliphatic carbocycles. The molecule has 0 spiro atoms. The molecular formula is C15H13NOS. The van der Waals surface area contributed by atoms with Crippen LogP contribution in [-0.2, 0) is 6.42 Å². The molecule has 3 aromatic rings. The van der Waals surface area contributed by atoms with Gasteiger partial charge in [-0.3, -0.25) is 4.79 Å². The van der Waals surface area contributed by atoms with Crippen molar-refractivity contribution in [3.63, 3.8) is 0 Å². The van der Waals surface area contributed by atoms with Gasteiger partial charge in [-0.15, -0.1) is 11.3 Å². The number of hydrogen-bond acceptors (Lipinski definition) is 2. The van der Waals surface area contributed by atoms with Gasteiger partial charge in [0, 0.05) is 21.3 Å². The number of aldehydes is 1. The largest absolute Gasteiger partial charge is 0.353 e. The minimum absolute atomic E-state index is 0.759. The van der Waals surface area contributed by atoms with E-state index in [1.54, 1.807) is 11.3 Å². The number of carbonyl (C=O) groups is 1. The van der Waals surface area contributed by atoms with Crippen LogP contribution in [0, 0.1) is 0 Å². The van der Waals surface area contributed by atoms with Gasteiger partial charge in [-0.1, -0.05) is 25.1 Å². The fourth-order valence-corrected chi connectivity index (χ4v) is 3.14. The zero-order chi connectivity index (χ0) is 12.5. The van der Waals surface area contributed by atoms with Crippen LogP contribution in [0.4, 0.5) is 0 Å². The third kappa shape index (κ3) is 1.68. The lowest BCUT2D eigenvalue weighted by Gasteiger charge is -1.94. The summed E-state index contributed by atoms with van der Waals surface area (Å²) < 4.78 is 0. The molecule has 0 atom stereocenters. The van der Waals surface area contributed by atoms with E-state index in [0.29, 0.717) is 0 Å². The van der Waals surface area contributed by atoms with Crippen molar-refractivity contribution in [1.82, 2.24) is 4.98 Å². The van der Waals surface area contributed by atoms with Gasteiger partial charge in [0.15, 0.2) is 6.29 Å². The van der Waals surface area contributed by atoms with Crippen molar-refractivity contribution < 1.29 is 4.79 Å². The van der Waals surface area contributed by atoms with Crippen molar-refractivity contribution in [1.29, 1.82) is 0 Å². The van der Waals surface area contributed by atoms with Crippen molar-refractivity contribution in [2.75, 3.05) is 0 Å². The summed E-state index contributed by atoms with van der Waals surface area (Å²) in [5.74, 6) is 0. The Morgan fingerprint density at radius 1 is 1.22 bits per heavy atom. The first-order valence-corrected chi connectivity index (χ1v) is 6.80. The lowest BCUT2D eigenvalue weighted by Crippen LogP contribution is -1.80. The fourth-order valence-electron chi connectivity index (χ4n) is 2.18. The minimum Gasteiger partial charge on any atom is -0.353 e. The molecule has 0 aliphatic heterocycles. The van der Waals surface area contributed by atoms with Gasteiger partial charge in [-0.25, -0.2) is 0 Å². The molecule has 0 amide bonds. The second-order valence-electron chi connectivity index (χ2n) is 4.20. The van der Waals surface area contributed by atoms with Crippen LogP contribution in [-0.4, -0.2) is 11.3 Å². The van der Waals surface area contributed by atoms with Crippen LogP contribution < -0.4 is 0 Å². The maximum atomic E-state index is 11.3. The Labute approximate surface area is 109 Å². The molecular weight excluding hydrogens is 242 g/mol. The van der Waals surface area contributed by atoms with E-state index in [9.17, 15) is 4.79 Å². The minimum atomic E-state index is 0.759. The molecule has 1 N–H and O–H groups in total. The lowest BCUT2D eigenvalue weighted by molar-refractivity contribution is 0.112. The predicted molar refractivity (Wildman–Crippen MR) is 76.4 cm³/mol. The number of aryl methyl sites for hydroxylation is 1. The number of aromatic amines is 1. The van der Waals surface area contributed by atoms with Crippen LogP contribution in [0.25, 0.3) is 21.5 Å². The lowest BCUT2D eigenvalue weighted by atomic mass is 10.1. The number of thiophene rings is 1. The highest BCUT2D eigenvalue weighted by atomic mass is 32.1. The summed E-state index contributed by atoms with van der Waals surface area (Å²) in [6.07, 6.45) is 1.97. The molecule has 0 saturated heterocycles. The summed E-state index contributed by atoms with van der Waals surface area (Å²) in [4.78, 5) is 17.1. The van der Waals surface area contributed by atoms with E-state index in [4.69, 9.17) is 0 Å². The molecule has 1 aromatic carbocycles. The number of benzene rings is 1. The number of nitrogens with one attached hydrogen (secondary N) is 1. The summed E-state index contributed by atoms with van der Waals surface area (Å²) >= 11 is 1.74. The summed E-state index contributed by atoms with van der Waals surface area (Å²) in [5.41, 5.74) is 2.71. The van der Waals surface area contributed by atoms with Crippen LogP contribution in [0.15, 0.2) is 36.4 Å². The molecule has 2 nitrogen and oxygen atoms in total. The highest BCUT2D eigenvalue weighted by Crippen LogP contribution is 2.33. The first-order chi connectivity index (χ1) is 8.83. The van der Waals surface area contributed by atoms with E-state index >= 15 is 0 Å². The molecule has 18 heavy (non-hydrogen) atoms. The first kappa shape index (κ1) is 11.2. The number of fused-ring (bicyclic) bond motifs is 1. The Hall–Kier alpha value is -1.87. The summed E-state index contributed by atoms with van der Waals surface area (Å²) in [5, 5.41) is 0.994. The van der Waals surface area contributed by atoms with E-state index in [-0.39, 0.29) is 0 Å². The van der Waals surface area contributed by atoms with Crippen molar-refractivity contribution in [2.45, 2.75) is 13.3 Å². The van der Waals surface area contributed by atoms with Crippen molar-refractivity contribution >= 4 is 28.5 Å². The number of aromatic nitrogens is 1. The first-order valence-electron chi connectivity index (χ1n) is 5.98. The molecule has 0 bridgehead atoms. The highest BCUT2D eigenvalue weighted by Gasteiger charge is 2.13. The monoisotopic (exact) mass is 255 g/mol. The van der Waals surface area contributed by atoms with Gasteiger partial charge in [0.2, 0.25) is 0 Å². The maximum absolute atomic E-state index is 11.3. The van der Waals surface area contributed by atoms with Gasteiger partial charge >= 0.3 is 0 Å². The van der Waals surface area contributed by atoms with Gasteiger partial charge in [0.25, 0.3) is 0 Å². The Balaban J connectivity index is 2.24. The highest BCUT2D eigenvalue weighted by molar-refractivity contribution is 7.15. The molecule has 0 saturated carbocycles. The average Bonchev–Trinajstić information content (AvgIpc) is 3.02. The second-order valence-corrected chi connectivity index (χ2v) is 5.36. The quantitative estimate of drug-likeness (QED) is 0.696. The Kier molecular flexibility index (Phi) is 2.76. The Morgan fingerprint density at radius 3 is 2.78 bits per heavy atom. The second kappa shape index (κ2) is 4.42. The van der Waals surface area contributed by atoms with Crippen molar-refractivity contribution in [3.8, 4) is 10.6 Å². The molecule has 0 fully saturated rings. The Morgan fingerprint density at radius 2 is 2.06 bits per heavy atom. The fraction of sp³-hybridized carbons (Fsp3) is 0.133. The van der Waals surface area contributed by atoms with Gasteiger partial charge in [0.1, 0.15) is 0 Å². The van der Waals surface area contributed by atoms with Gasteiger partial charge in [-0.2, -0.15) is 0 Å². The summed E-state index contributed by atoms with van der Waals surface area (Å²) in [7, 11) is 0. The molecule has 0 aliphatic rings. The van der Waals surface area contributed by atoms with Gasteiger partial charge in [-0.05, 0) is 24.6 Å². The van der Waals surface area contributed by atoms with Crippen molar-refractivity contribution in [3.05, 3.63) is 46.8 Å². The molecule has 0 radical (unpaired) electrons. The molecule has 3 heteroatoms. The number of H-pyrrole nitrogens is 1. The zero-order valence-corrected chi connectivity index (χ0v) is 10.9. The van der Waals surface area contributed by atoms with Crippen LogP contribution in [0.2, 0.25) is 0 Å². The van der Waals surface area contributed by atoms with E-state index in [1.165, 1.54) is 4.88 Å². The number of rotatable bonds is 3. The third-order valence-electron chi connectivity index (χ3n) is 3.12. The normalized spacial score (nSPS) is 10.9. The average molecular weight is 255 g/mol. The van der Waals surface area contributed by atoms with Crippen LogP contribution >= 0.6 is 11.3 Å². The molecule has 3 rings (SSSR count). The van der Waals surface area contributed by atoms with E-state index < -0.39 is 0 Å². The van der Waals surface area contributed by atoms with E-state index in [0.717, 1.165) is 39.7 Å². The van der Waals surface area contributed by atoms with Crippen molar-refractivity contribution in [2.24, 2.45) is 0 Å². The van der Waals surface area contributed by atoms with E-state index in [2.05, 4.69) is 24.0 Å². The SMILES string of the molecule is CCc1ccc(-c2[nH]c3ccccc3c2C=O)s1. The van der Waals surface area contributed by atoms with Gasteiger partial charge < -0.3 is 4.98 Å². The zero-order valence-electron chi connectivity index (χ0n) is 10.1. The smallest absolute Gasteiger partial charge is 0.152 e. The van der Waals surface area contributed by atoms with Crippen LogP contribution in [0.5, 0.6) is 0 Å². The molecule has 0 unspecified atom stereocenters. The standard InChI is InChI=1S/C15H13NOS/c1-2-10-7-8-14(18-10)15-12(9-17)11-5-3-4-6-13(11)16-15/h3-9,16H,2H2,1H3. The molecule has 2 aromatic heterocycles. The molecule has 90 valence electrons. The van der Waals surface area contributed by atoms with E-state index in [1.807, 2.05) is 24.3 Å². The Bertz CT molecular complexity index is 708. The van der Waals surface area contributed by atoms with Crippen LogP contribution in [0.3, 0.4) is 0 Å². The number of hydrogen-bond donors (Lipinski definition) is 1. The van der Waals surface area contributed by atoms with Crippen LogP contribution in [0.1, 0.15) is 22.2 Å². The maximum Gasteiger partial charge on any atom is 0.152 e. The summed E-state index contributed by atoms with van der Waals surface area (Å²) in [6, 6.07) is 12.1. The topological polar surface area (TPSA) is 32.9 Å². The number of carbonyl (C=O) groups excluding carboxylic acids is 1. The van der Waals surface area contributed by atoms with Gasteiger partial charge in [0.05, 0.1) is 10.6 Å². The predicted octanol–water partition coefficient (Wildman–Crippen LogP) is 4.27.